The summed E-state index contributed by atoms with van der Waals surface area (Å²) in [5.74, 6) is -0.754. The van der Waals surface area contributed by atoms with Gasteiger partial charge in [-0.2, -0.15) is 0 Å². The van der Waals surface area contributed by atoms with Crippen LogP contribution in [0.2, 0.25) is 0 Å². The number of carbonyl (C=O) groups excluding carboxylic acids is 4. The minimum Gasteiger partial charge on any atom is -0.372 e. The average Bonchev–Trinajstić information content (AvgIpc) is 3.64. The van der Waals surface area contributed by atoms with E-state index in [4.69, 9.17) is 0 Å². The number of rotatable bonds is 7. The van der Waals surface area contributed by atoms with Gasteiger partial charge in [0.15, 0.2) is 11.6 Å². The fourth-order valence-electron chi connectivity index (χ4n) is 6.01. The molecule has 0 radical (unpaired) electrons. The van der Waals surface area contributed by atoms with Crippen LogP contribution in [0.1, 0.15) is 56.8 Å². The van der Waals surface area contributed by atoms with Crippen molar-refractivity contribution in [3.05, 3.63) is 54.1 Å². The van der Waals surface area contributed by atoms with E-state index in [1.807, 2.05) is 26.0 Å². The second kappa shape index (κ2) is 11.3. The minimum atomic E-state index is -0.801. The summed E-state index contributed by atoms with van der Waals surface area (Å²) in [5.41, 5.74) is 4.43. The van der Waals surface area contributed by atoms with Crippen LogP contribution in [-0.4, -0.2) is 72.1 Å². The number of nitrogens with one attached hydrogen (secondary N) is 2. The summed E-state index contributed by atoms with van der Waals surface area (Å²) in [5, 5.41) is 6.02. The Kier molecular flexibility index (Phi) is 7.84. The Morgan fingerprint density at radius 3 is 2.10 bits per heavy atom. The molecule has 6 rings (SSSR count). The Labute approximate surface area is 230 Å². The highest BCUT2D eigenvalue weighted by Crippen LogP contribution is 2.31. The molecule has 8 heteroatoms. The van der Waals surface area contributed by atoms with E-state index in [0.29, 0.717) is 18.4 Å². The van der Waals surface area contributed by atoms with Crippen molar-refractivity contribution in [2.24, 2.45) is 5.92 Å². The lowest BCUT2D eigenvalue weighted by Gasteiger charge is -2.32. The molecular formula is C31H38N4O4. The predicted octanol–water partition coefficient (Wildman–Crippen LogP) is 3.20. The van der Waals surface area contributed by atoms with E-state index in [-0.39, 0.29) is 41.9 Å². The van der Waals surface area contributed by atoms with Crippen molar-refractivity contribution in [1.29, 1.82) is 0 Å². The largest absolute Gasteiger partial charge is 0.372 e. The highest BCUT2D eigenvalue weighted by molar-refractivity contribution is 6.01. The number of anilines is 1. The summed E-state index contributed by atoms with van der Waals surface area (Å²) >= 11 is 0. The van der Waals surface area contributed by atoms with Crippen LogP contribution in [0.4, 0.5) is 5.69 Å². The molecule has 2 N–H and O–H groups in total. The molecule has 3 fully saturated rings. The standard InChI is InChI=1S/C25H34N4O4.C6H4/c1-15(2)12-20(25(33)29-21(16(3)30)13-19-23(29)22(31)14-26-19)27-24(32)17-6-8-18(9-7-17)28-10-4-5-11-28;1-2-6-4-3-5(1)6/h6-9,15,19-21,23,26H,4-5,10-14H2,1-3H3,(H,27,32);1-4H. The number of benzene rings is 2. The topological polar surface area (TPSA) is 98.8 Å². The van der Waals surface area contributed by atoms with Crippen molar-refractivity contribution in [3.8, 4) is 11.1 Å². The summed E-state index contributed by atoms with van der Waals surface area (Å²) in [7, 11) is 0. The fourth-order valence-corrected chi connectivity index (χ4v) is 6.01. The van der Waals surface area contributed by atoms with Gasteiger partial charge in [-0.05, 0) is 73.9 Å². The zero-order valence-corrected chi connectivity index (χ0v) is 23.0. The maximum atomic E-state index is 13.7. The molecule has 5 aliphatic rings. The molecule has 2 amide bonds. The Morgan fingerprint density at radius 2 is 1.59 bits per heavy atom. The molecule has 3 heterocycles. The van der Waals surface area contributed by atoms with Crippen LogP contribution < -0.4 is 15.5 Å². The second-order valence-electron chi connectivity index (χ2n) is 11.5. The van der Waals surface area contributed by atoms with Gasteiger partial charge < -0.3 is 20.4 Å². The lowest BCUT2D eigenvalue weighted by molar-refractivity contribution is -0.143. The smallest absolute Gasteiger partial charge is 0.251 e. The molecule has 0 saturated carbocycles. The zero-order chi connectivity index (χ0) is 27.7. The van der Waals surface area contributed by atoms with Gasteiger partial charge in [-0.1, -0.05) is 38.1 Å². The van der Waals surface area contributed by atoms with Gasteiger partial charge in [0.05, 0.1) is 12.6 Å². The van der Waals surface area contributed by atoms with E-state index in [1.165, 1.54) is 35.8 Å². The highest BCUT2D eigenvalue weighted by atomic mass is 16.2. The number of amides is 2. The third-order valence-corrected chi connectivity index (χ3v) is 8.22. The summed E-state index contributed by atoms with van der Waals surface area (Å²) in [4.78, 5) is 55.3. The predicted molar refractivity (Wildman–Crippen MR) is 151 cm³/mol. The zero-order valence-electron chi connectivity index (χ0n) is 23.0. The minimum absolute atomic E-state index is 0.0794. The van der Waals surface area contributed by atoms with Crippen LogP contribution >= 0.6 is 0 Å². The summed E-state index contributed by atoms with van der Waals surface area (Å²) in [6.07, 6.45) is 3.21. The fraction of sp³-hybridized carbons (Fsp3) is 0.484. The number of ketones is 2. The van der Waals surface area contributed by atoms with E-state index in [2.05, 4.69) is 39.8 Å². The van der Waals surface area contributed by atoms with Crippen LogP contribution in [0.25, 0.3) is 11.1 Å². The van der Waals surface area contributed by atoms with Gasteiger partial charge in [-0.15, -0.1) is 0 Å². The monoisotopic (exact) mass is 530 g/mol. The maximum Gasteiger partial charge on any atom is 0.251 e. The molecule has 206 valence electrons. The van der Waals surface area contributed by atoms with Gasteiger partial charge in [-0.25, -0.2) is 0 Å². The first-order valence-corrected chi connectivity index (χ1v) is 14.1. The van der Waals surface area contributed by atoms with Crippen LogP contribution in [0.3, 0.4) is 0 Å². The van der Waals surface area contributed by atoms with Crippen molar-refractivity contribution in [1.82, 2.24) is 15.5 Å². The second-order valence-corrected chi connectivity index (χ2v) is 11.5. The number of nitrogens with zero attached hydrogens (tertiary/aromatic N) is 2. The third kappa shape index (κ3) is 5.62. The van der Waals surface area contributed by atoms with Gasteiger partial charge in [0.1, 0.15) is 12.1 Å². The SMILES string of the molecule is CC(=O)C1CC2NCC(=O)C2N1C(=O)C(CC(C)C)NC(=O)c1ccc(N2CCCC2)cc1.c1cc2ccc1-2. The third-order valence-electron chi connectivity index (χ3n) is 8.22. The molecule has 0 spiro atoms. The molecule has 4 atom stereocenters. The van der Waals surface area contributed by atoms with Crippen molar-refractivity contribution < 1.29 is 19.2 Å². The normalized spacial score (nSPS) is 23.3. The van der Waals surface area contributed by atoms with Crippen LogP contribution in [0.5, 0.6) is 0 Å². The molecule has 2 aliphatic carbocycles. The average molecular weight is 531 g/mol. The molecule has 1 aromatic carbocycles. The molecule has 0 bridgehead atoms. The van der Waals surface area contributed by atoms with Gasteiger partial charge >= 0.3 is 0 Å². The van der Waals surface area contributed by atoms with Gasteiger partial charge in [0, 0.05) is 30.4 Å². The van der Waals surface area contributed by atoms with E-state index in [9.17, 15) is 19.2 Å². The maximum absolute atomic E-state index is 13.7. The van der Waals surface area contributed by atoms with Crippen LogP contribution in [-0.2, 0) is 14.4 Å². The van der Waals surface area contributed by atoms with E-state index in [0.717, 1.165) is 18.8 Å². The molecule has 8 nitrogen and oxygen atoms in total. The first-order valence-electron chi connectivity index (χ1n) is 14.1. The number of Topliss-reactive ketones (excluding diaryl/α,β-unsaturated/α-hetero) is 2. The first-order chi connectivity index (χ1) is 18.7. The number of hydrogen-bond acceptors (Lipinski definition) is 6. The molecule has 3 aliphatic heterocycles. The molecule has 0 aromatic heterocycles. The number of carbonyl (C=O) groups is 4. The molecule has 4 unspecified atom stereocenters. The first kappa shape index (κ1) is 27.1. The molecule has 1 aromatic rings. The Balaban J connectivity index is 0.000000445. The quantitative estimate of drug-likeness (QED) is 0.487. The van der Waals surface area contributed by atoms with Gasteiger partial charge in [-0.3, -0.25) is 19.2 Å². The molecule has 39 heavy (non-hydrogen) atoms. The van der Waals surface area contributed by atoms with Gasteiger partial charge in [0.2, 0.25) is 5.91 Å². The Morgan fingerprint density at radius 1 is 0.974 bits per heavy atom. The molecule has 3 saturated heterocycles. The summed E-state index contributed by atoms with van der Waals surface area (Å²) in [6.45, 7) is 7.67. The van der Waals surface area contributed by atoms with E-state index in [1.54, 1.807) is 12.1 Å². The lowest BCUT2D eigenvalue weighted by atomic mass is 9.95. The summed E-state index contributed by atoms with van der Waals surface area (Å²) < 4.78 is 0. The van der Waals surface area contributed by atoms with Gasteiger partial charge in [0.25, 0.3) is 5.91 Å². The van der Waals surface area contributed by atoms with Crippen LogP contribution in [0.15, 0.2) is 48.5 Å². The highest BCUT2D eigenvalue weighted by Gasteiger charge is 2.52. The van der Waals surface area contributed by atoms with E-state index < -0.39 is 18.1 Å². The Hall–Kier alpha value is -3.52. The van der Waals surface area contributed by atoms with E-state index >= 15 is 0 Å². The van der Waals surface area contributed by atoms with Crippen molar-refractivity contribution in [3.63, 3.8) is 0 Å². The number of fused-ring (bicyclic) bond motifs is 2. The summed E-state index contributed by atoms with van der Waals surface area (Å²) in [6, 6.07) is 13.7. The Bertz CT molecular complexity index is 1210. The molecular weight excluding hydrogens is 492 g/mol. The number of likely N-dealkylation sites (tertiary alicyclic amines) is 1. The van der Waals surface area contributed by atoms with Crippen molar-refractivity contribution in [2.45, 2.75) is 70.6 Å². The van der Waals surface area contributed by atoms with Crippen molar-refractivity contribution >= 4 is 29.1 Å². The lowest BCUT2D eigenvalue weighted by Crippen LogP contribution is -2.56. The van der Waals surface area contributed by atoms with Crippen LogP contribution in [0, 0.1) is 5.92 Å². The number of hydrogen-bond donors (Lipinski definition) is 2. The van der Waals surface area contributed by atoms with Crippen molar-refractivity contribution in [2.75, 3.05) is 24.5 Å².